The first-order valence-corrected chi connectivity index (χ1v) is 24.7. The van der Waals surface area contributed by atoms with Crippen LogP contribution >= 0.6 is 7.82 Å². The lowest BCUT2D eigenvalue weighted by Gasteiger charge is -2.28. The van der Waals surface area contributed by atoms with Crippen molar-refractivity contribution in [2.45, 2.75) is 232 Å². The number of ether oxygens (including phenoxy) is 2. The summed E-state index contributed by atoms with van der Waals surface area (Å²) in [6.07, 6.45) is 41.5. The van der Waals surface area contributed by atoms with Gasteiger partial charge in [-0.2, -0.15) is 0 Å². The molecule has 0 aliphatic carbocycles. The van der Waals surface area contributed by atoms with Gasteiger partial charge in [0.05, 0.1) is 34.4 Å². The number of carbonyl (C=O) groups is 1. The maximum Gasteiger partial charge on any atom is 0.306 e. The standard InChI is InChI=1S/C45H92NO7P/c1-6-8-10-12-14-15-16-17-18-19-20-21-22-23-24-25-26-27-28-29-30-31-33-35-37-40-50-42-44(43-52-54(48,49)51-41-39-46(3,4)5)53-45(47)38-36-34-32-13-11-9-7-2/h44H,6-43H2,1-5H3. The molecule has 0 fully saturated rings. The molecule has 0 amide bonds. The van der Waals surface area contributed by atoms with Gasteiger partial charge in [0, 0.05) is 13.0 Å². The van der Waals surface area contributed by atoms with Crippen LogP contribution in [0.2, 0.25) is 0 Å². The zero-order valence-electron chi connectivity index (χ0n) is 36.7. The van der Waals surface area contributed by atoms with Crippen molar-refractivity contribution >= 4 is 13.8 Å². The van der Waals surface area contributed by atoms with E-state index in [2.05, 4.69) is 13.8 Å². The Bertz CT molecular complexity index is 837. The van der Waals surface area contributed by atoms with E-state index in [4.69, 9.17) is 18.5 Å². The molecule has 0 aliphatic heterocycles. The number of phosphoric ester groups is 1. The van der Waals surface area contributed by atoms with Crippen molar-refractivity contribution in [1.82, 2.24) is 0 Å². The largest absolute Gasteiger partial charge is 0.756 e. The van der Waals surface area contributed by atoms with Gasteiger partial charge in [0.2, 0.25) is 0 Å². The molecule has 0 aromatic heterocycles. The second kappa shape index (κ2) is 39.3. The lowest BCUT2D eigenvalue weighted by Crippen LogP contribution is -2.37. The van der Waals surface area contributed by atoms with Gasteiger partial charge in [-0.15, -0.1) is 0 Å². The van der Waals surface area contributed by atoms with Crippen LogP contribution in [0, 0.1) is 0 Å². The van der Waals surface area contributed by atoms with E-state index in [1.54, 1.807) is 0 Å². The highest BCUT2D eigenvalue weighted by Crippen LogP contribution is 2.38. The molecule has 0 aliphatic rings. The van der Waals surface area contributed by atoms with Crippen molar-refractivity contribution in [1.29, 1.82) is 0 Å². The minimum absolute atomic E-state index is 0.0308. The van der Waals surface area contributed by atoms with E-state index in [9.17, 15) is 14.3 Å². The quantitative estimate of drug-likeness (QED) is 0.0262. The maximum atomic E-state index is 12.5. The van der Waals surface area contributed by atoms with E-state index in [-0.39, 0.29) is 25.8 Å². The van der Waals surface area contributed by atoms with Crippen LogP contribution < -0.4 is 4.89 Å². The third-order valence-electron chi connectivity index (χ3n) is 10.4. The fourth-order valence-corrected chi connectivity index (χ4v) is 7.51. The van der Waals surface area contributed by atoms with Crippen LogP contribution in [-0.2, 0) is 27.9 Å². The summed E-state index contributed by atoms with van der Waals surface area (Å²) in [4.78, 5) is 24.9. The summed E-state index contributed by atoms with van der Waals surface area (Å²) in [6.45, 7) is 5.42. The van der Waals surface area contributed by atoms with Crippen molar-refractivity contribution in [3.05, 3.63) is 0 Å². The minimum atomic E-state index is -4.51. The molecule has 54 heavy (non-hydrogen) atoms. The molecule has 0 aromatic carbocycles. The SMILES string of the molecule is CCCCCCCCCCCCCCCCCCCCCCCCCCCOCC(COP(=O)([O-])OCC[N+](C)(C)C)OC(=O)CCCCCCCCC. The molecule has 0 heterocycles. The molecule has 2 unspecified atom stereocenters. The van der Waals surface area contributed by atoms with Gasteiger partial charge in [-0.1, -0.05) is 206 Å². The van der Waals surface area contributed by atoms with Gasteiger partial charge < -0.3 is 27.9 Å². The van der Waals surface area contributed by atoms with E-state index < -0.39 is 13.9 Å². The molecule has 2 atom stereocenters. The van der Waals surface area contributed by atoms with Crippen molar-refractivity contribution < 1.29 is 37.3 Å². The first-order valence-electron chi connectivity index (χ1n) is 23.3. The normalized spacial score (nSPS) is 13.7. The average Bonchev–Trinajstić information content (AvgIpc) is 3.12. The van der Waals surface area contributed by atoms with Crippen LogP contribution in [0.15, 0.2) is 0 Å². The maximum absolute atomic E-state index is 12.5. The molecule has 0 rings (SSSR count). The monoisotopic (exact) mass is 790 g/mol. The number of hydrogen-bond acceptors (Lipinski definition) is 7. The molecule has 324 valence electrons. The Kier molecular flexibility index (Phi) is 39.0. The van der Waals surface area contributed by atoms with Crippen LogP contribution in [0.25, 0.3) is 0 Å². The number of rotatable bonds is 44. The molecule has 0 saturated carbocycles. The summed E-state index contributed by atoms with van der Waals surface area (Å²) in [5.74, 6) is -0.336. The number of hydrogen-bond donors (Lipinski definition) is 0. The molecule has 0 radical (unpaired) electrons. The van der Waals surface area contributed by atoms with Crippen molar-refractivity contribution in [3.8, 4) is 0 Å². The number of likely N-dealkylation sites (N-methyl/N-ethyl adjacent to an activating group) is 1. The lowest BCUT2D eigenvalue weighted by molar-refractivity contribution is -0.870. The molecule has 8 nitrogen and oxygen atoms in total. The van der Waals surface area contributed by atoms with Gasteiger partial charge in [0.1, 0.15) is 19.3 Å². The van der Waals surface area contributed by atoms with Crippen molar-refractivity contribution in [3.63, 3.8) is 0 Å². The Labute approximate surface area is 336 Å². The zero-order chi connectivity index (χ0) is 39.9. The first-order chi connectivity index (χ1) is 26.1. The Morgan fingerprint density at radius 2 is 0.852 bits per heavy atom. The average molecular weight is 790 g/mol. The molecule has 9 heteroatoms. The molecule has 0 N–H and O–H groups in total. The molecule has 0 aromatic rings. The van der Waals surface area contributed by atoms with Crippen LogP contribution in [-0.4, -0.2) is 70.7 Å². The predicted octanol–water partition coefficient (Wildman–Crippen LogP) is 13.0. The molecule has 0 spiro atoms. The number of carbonyl (C=O) groups excluding carboxylic acids is 1. The molecular formula is C45H92NO7P. The Balaban J connectivity index is 3.88. The van der Waals surface area contributed by atoms with Gasteiger partial charge >= 0.3 is 5.97 Å². The third kappa shape index (κ3) is 42.6. The van der Waals surface area contributed by atoms with Crippen LogP contribution in [0.5, 0.6) is 0 Å². The number of esters is 1. The molecule has 0 saturated heterocycles. The number of nitrogens with zero attached hydrogens (tertiary/aromatic N) is 1. The Hall–Kier alpha value is -0.500. The fraction of sp³-hybridized carbons (Fsp3) is 0.978. The number of quaternary nitrogens is 1. The molecule has 0 bridgehead atoms. The first kappa shape index (κ1) is 53.5. The third-order valence-corrected chi connectivity index (χ3v) is 11.4. The van der Waals surface area contributed by atoms with Crippen molar-refractivity contribution in [2.75, 3.05) is 54.1 Å². The second-order valence-corrected chi connectivity index (χ2v) is 18.5. The predicted molar refractivity (Wildman–Crippen MR) is 227 cm³/mol. The smallest absolute Gasteiger partial charge is 0.306 e. The number of phosphoric acid groups is 1. The summed E-state index contributed by atoms with van der Waals surface area (Å²) in [7, 11) is 1.37. The van der Waals surface area contributed by atoms with Gasteiger partial charge in [-0.25, -0.2) is 0 Å². The van der Waals surface area contributed by atoms with E-state index in [0.717, 1.165) is 32.1 Å². The van der Waals surface area contributed by atoms with Gasteiger partial charge in [0.25, 0.3) is 7.82 Å². The Morgan fingerprint density at radius 1 is 0.500 bits per heavy atom. The summed E-state index contributed by atoms with van der Waals surface area (Å²) in [6, 6.07) is 0. The summed E-state index contributed by atoms with van der Waals surface area (Å²) >= 11 is 0. The van der Waals surface area contributed by atoms with Crippen LogP contribution in [0.3, 0.4) is 0 Å². The van der Waals surface area contributed by atoms with Gasteiger partial charge in [-0.3, -0.25) is 9.36 Å². The van der Waals surface area contributed by atoms with E-state index >= 15 is 0 Å². The summed E-state index contributed by atoms with van der Waals surface area (Å²) in [5, 5.41) is 0. The lowest BCUT2D eigenvalue weighted by atomic mass is 10.0. The highest BCUT2D eigenvalue weighted by atomic mass is 31.2. The van der Waals surface area contributed by atoms with Crippen LogP contribution in [0.4, 0.5) is 0 Å². The van der Waals surface area contributed by atoms with E-state index in [0.29, 0.717) is 24.1 Å². The van der Waals surface area contributed by atoms with E-state index in [1.807, 2.05) is 21.1 Å². The van der Waals surface area contributed by atoms with Crippen molar-refractivity contribution in [2.24, 2.45) is 0 Å². The number of unbranched alkanes of at least 4 members (excludes halogenated alkanes) is 30. The second-order valence-electron chi connectivity index (χ2n) is 17.1. The Morgan fingerprint density at radius 3 is 1.22 bits per heavy atom. The topological polar surface area (TPSA) is 94.1 Å². The van der Waals surface area contributed by atoms with E-state index in [1.165, 1.54) is 173 Å². The summed E-state index contributed by atoms with van der Waals surface area (Å²) in [5.41, 5.74) is 0. The minimum Gasteiger partial charge on any atom is -0.756 e. The van der Waals surface area contributed by atoms with Crippen LogP contribution in [0.1, 0.15) is 226 Å². The highest BCUT2D eigenvalue weighted by Gasteiger charge is 2.20. The van der Waals surface area contributed by atoms with Gasteiger partial charge in [0.15, 0.2) is 0 Å². The zero-order valence-corrected chi connectivity index (χ0v) is 37.6. The molecular weight excluding hydrogens is 697 g/mol. The summed E-state index contributed by atoms with van der Waals surface area (Å²) < 4.78 is 34.5. The highest BCUT2D eigenvalue weighted by molar-refractivity contribution is 7.45. The fourth-order valence-electron chi connectivity index (χ4n) is 6.78. The van der Waals surface area contributed by atoms with Gasteiger partial charge in [-0.05, 0) is 12.8 Å².